The van der Waals surface area contributed by atoms with Crippen molar-refractivity contribution in [2.24, 2.45) is 0 Å². The van der Waals surface area contributed by atoms with Crippen LogP contribution in [0.3, 0.4) is 0 Å². The summed E-state index contributed by atoms with van der Waals surface area (Å²) in [6, 6.07) is 3.63. The van der Waals surface area contributed by atoms with Gasteiger partial charge in [0.25, 0.3) is 5.91 Å². The van der Waals surface area contributed by atoms with E-state index < -0.39 is 0 Å². The van der Waals surface area contributed by atoms with Crippen LogP contribution in [0.2, 0.25) is 0 Å². The van der Waals surface area contributed by atoms with Crippen LogP contribution >= 0.6 is 0 Å². The number of carbonyl (C=O) groups is 1. The van der Waals surface area contributed by atoms with Gasteiger partial charge in [0.05, 0.1) is 13.2 Å². The highest BCUT2D eigenvalue weighted by Gasteiger charge is 2.10. The van der Waals surface area contributed by atoms with Gasteiger partial charge in [-0.05, 0) is 12.1 Å². The Bertz CT molecular complexity index is 472. The van der Waals surface area contributed by atoms with Crippen LogP contribution < -0.4 is 10.6 Å². The van der Waals surface area contributed by atoms with Gasteiger partial charge in [0.15, 0.2) is 0 Å². The standard InChI is InChI=1S/C15H22N4O2/c1-2-4-18-15(20)14-12-13(3-5-17-14)16-6-7-19-8-10-21-11-9-19/h2-3,5,12H,1,4,6-11H2,(H,16,17)(H,18,20). The summed E-state index contributed by atoms with van der Waals surface area (Å²) in [6.45, 7) is 9.38. The first-order valence-electron chi connectivity index (χ1n) is 7.18. The number of hydrogen-bond acceptors (Lipinski definition) is 5. The molecule has 0 aromatic carbocycles. The number of amides is 1. The monoisotopic (exact) mass is 290 g/mol. The molecular weight excluding hydrogens is 268 g/mol. The molecule has 1 aromatic rings. The molecule has 1 aliphatic heterocycles. The van der Waals surface area contributed by atoms with E-state index in [4.69, 9.17) is 4.74 Å². The molecule has 0 bridgehead atoms. The van der Waals surface area contributed by atoms with Crippen molar-refractivity contribution in [2.45, 2.75) is 0 Å². The molecule has 2 heterocycles. The fraction of sp³-hybridized carbons (Fsp3) is 0.467. The van der Waals surface area contributed by atoms with Crippen molar-refractivity contribution in [1.82, 2.24) is 15.2 Å². The topological polar surface area (TPSA) is 66.5 Å². The summed E-state index contributed by atoms with van der Waals surface area (Å²) >= 11 is 0. The number of aromatic nitrogens is 1. The van der Waals surface area contributed by atoms with E-state index in [9.17, 15) is 4.79 Å². The zero-order valence-electron chi connectivity index (χ0n) is 12.2. The van der Waals surface area contributed by atoms with Gasteiger partial charge in [-0.25, -0.2) is 0 Å². The maximum absolute atomic E-state index is 11.8. The number of rotatable bonds is 7. The minimum atomic E-state index is -0.188. The molecule has 2 N–H and O–H groups in total. The van der Waals surface area contributed by atoms with Crippen molar-refractivity contribution in [3.63, 3.8) is 0 Å². The summed E-state index contributed by atoms with van der Waals surface area (Å²) in [5, 5.41) is 6.03. The predicted octanol–water partition coefficient (Wildman–Crippen LogP) is 0.741. The Hall–Kier alpha value is -1.92. The minimum Gasteiger partial charge on any atom is -0.384 e. The van der Waals surface area contributed by atoms with Crippen LogP contribution in [0, 0.1) is 0 Å². The number of ether oxygens (including phenoxy) is 1. The van der Waals surface area contributed by atoms with Gasteiger partial charge in [0.2, 0.25) is 0 Å². The summed E-state index contributed by atoms with van der Waals surface area (Å²) in [5.41, 5.74) is 1.32. The molecule has 1 amide bonds. The largest absolute Gasteiger partial charge is 0.384 e. The van der Waals surface area contributed by atoms with E-state index in [2.05, 4.69) is 27.1 Å². The third-order valence-corrected chi connectivity index (χ3v) is 3.26. The number of nitrogens with zero attached hydrogens (tertiary/aromatic N) is 2. The number of morpholine rings is 1. The van der Waals surface area contributed by atoms with E-state index in [0.717, 1.165) is 45.1 Å². The second-order valence-corrected chi connectivity index (χ2v) is 4.81. The molecule has 1 aliphatic rings. The molecule has 0 saturated carbocycles. The number of nitrogens with one attached hydrogen (secondary N) is 2. The molecule has 6 heteroatoms. The zero-order valence-corrected chi connectivity index (χ0v) is 12.2. The molecule has 21 heavy (non-hydrogen) atoms. The third kappa shape index (κ3) is 5.17. The third-order valence-electron chi connectivity index (χ3n) is 3.26. The summed E-state index contributed by atoms with van der Waals surface area (Å²) < 4.78 is 5.32. The van der Waals surface area contributed by atoms with Crippen LogP contribution in [0.4, 0.5) is 5.69 Å². The Morgan fingerprint density at radius 1 is 1.48 bits per heavy atom. The quantitative estimate of drug-likeness (QED) is 0.725. The lowest BCUT2D eigenvalue weighted by Gasteiger charge is -2.26. The number of anilines is 1. The number of pyridine rings is 1. The fourth-order valence-electron chi connectivity index (χ4n) is 2.10. The highest BCUT2D eigenvalue weighted by Crippen LogP contribution is 2.08. The van der Waals surface area contributed by atoms with Crippen molar-refractivity contribution in [1.29, 1.82) is 0 Å². The Morgan fingerprint density at radius 2 is 2.29 bits per heavy atom. The zero-order chi connectivity index (χ0) is 14.9. The highest BCUT2D eigenvalue weighted by atomic mass is 16.5. The van der Waals surface area contributed by atoms with Crippen LogP contribution in [0.15, 0.2) is 31.0 Å². The molecule has 0 unspecified atom stereocenters. The van der Waals surface area contributed by atoms with E-state index in [1.54, 1.807) is 18.3 Å². The SMILES string of the molecule is C=CCNC(=O)c1cc(NCCN2CCOCC2)ccn1. The van der Waals surface area contributed by atoms with E-state index in [1.165, 1.54) is 0 Å². The predicted molar refractivity (Wildman–Crippen MR) is 82.5 cm³/mol. The number of hydrogen-bond donors (Lipinski definition) is 2. The fourth-order valence-corrected chi connectivity index (χ4v) is 2.10. The average molecular weight is 290 g/mol. The normalized spacial score (nSPS) is 15.4. The van der Waals surface area contributed by atoms with E-state index in [1.807, 2.05) is 6.07 Å². The summed E-state index contributed by atoms with van der Waals surface area (Å²) in [5.74, 6) is -0.188. The molecule has 0 aliphatic carbocycles. The molecule has 0 atom stereocenters. The maximum atomic E-state index is 11.8. The van der Waals surface area contributed by atoms with Gasteiger partial charge in [-0.1, -0.05) is 6.08 Å². The lowest BCUT2D eigenvalue weighted by Crippen LogP contribution is -2.39. The van der Waals surface area contributed by atoms with Gasteiger partial charge in [-0.15, -0.1) is 6.58 Å². The molecule has 1 aromatic heterocycles. The van der Waals surface area contributed by atoms with Crippen LogP contribution in [0.1, 0.15) is 10.5 Å². The van der Waals surface area contributed by atoms with Gasteiger partial charge < -0.3 is 15.4 Å². The molecule has 6 nitrogen and oxygen atoms in total. The minimum absolute atomic E-state index is 0.188. The molecule has 0 spiro atoms. The average Bonchev–Trinajstić information content (AvgIpc) is 2.54. The molecule has 1 fully saturated rings. The van der Waals surface area contributed by atoms with E-state index in [0.29, 0.717) is 12.2 Å². The van der Waals surface area contributed by atoms with E-state index >= 15 is 0 Å². The van der Waals surface area contributed by atoms with Crippen molar-refractivity contribution < 1.29 is 9.53 Å². The highest BCUT2D eigenvalue weighted by molar-refractivity contribution is 5.93. The Balaban J connectivity index is 1.80. The molecular formula is C15H22N4O2. The van der Waals surface area contributed by atoms with Gasteiger partial charge in [-0.3, -0.25) is 14.7 Å². The van der Waals surface area contributed by atoms with Crippen molar-refractivity contribution in [2.75, 3.05) is 51.3 Å². The summed E-state index contributed by atoms with van der Waals surface area (Å²) in [4.78, 5) is 18.2. The number of carbonyl (C=O) groups excluding carboxylic acids is 1. The second-order valence-electron chi connectivity index (χ2n) is 4.81. The van der Waals surface area contributed by atoms with Crippen molar-refractivity contribution >= 4 is 11.6 Å². The Morgan fingerprint density at radius 3 is 3.05 bits per heavy atom. The molecule has 0 radical (unpaired) electrons. The first-order valence-corrected chi connectivity index (χ1v) is 7.18. The first kappa shape index (κ1) is 15.5. The maximum Gasteiger partial charge on any atom is 0.270 e. The Labute approximate surface area is 125 Å². The summed E-state index contributed by atoms with van der Waals surface area (Å²) in [6.07, 6.45) is 3.28. The van der Waals surface area contributed by atoms with Gasteiger partial charge >= 0.3 is 0 Å². The van der Waals surface area contributed by atoms with Crippen LogP contribution in [-0.2, 0) is 4.74 Å². The Kier molecular flexibility index (Phi) is 6.18. The van der Waals surface area contributed by atoms with Crippen molar-refractivity contribution in [3.05, 3.63) is 36.7 Å². The lowest BCUT2D eigenvalue weighted by atomic mass is 10.3. The second kappa shape index (κ2) is 8.39. The molecule has 1 saturated heterocycles. The van der Waals surface area contributed by atoms with Gasteiger partial charge in [0.1, 0.15) is 5.69 Å². The van der Waals surface area contributed by atoms with E-state index in [-0.39, 0.29) is 5.91 Å². The van der Waals surface area contributed by atoms with Gasteiger partial charge in [0, 0.05) is 44.6 Å². The molecule has 2 rings (SSSR count). The van der Waals surface area contributed by atoms with Crippen LogP contribution in [0.25, 0.3) is 0 Å². The van der Waals surface area contributed by atoms with Crippen molar-refractivity contribution in [3.8, 4) is 0 Å². The van der Waals surface area contributed by atoms with Crippen LogP contribution in [-0.4, -0.2) is 61.7 Å². The van der Waals surface area contributed by atoms with Crippen LogP contribution in [0.5, 0.6) is 0 Å². The molecule has 114 valence electrons. The summed E-state index contributed by atoms with van der Waals surface area (Å²) in [7, 11) is 0. The van der Waals surface area contributed by atoms with Gasteiger partial charge in [-0.2, -0.15) is 0 Å². The smallest absolute Gasteiger partial charge is 0.270 e. The first-order chi connectivity index (χ1) is 10.3. The lowest BCUT2D eigenvalue weighted by molar-refractivity contribution is 0.0398.